The zero-order valence-corrected chi connectivity index (χ0v) is 12.0. The number of hydrogen-bond donors (Lipinski definition) is 2. The second-order valence-electron chi connectivity index (χ2n) is 6.36. The third kappa shape index (κ3) is 2.88. The normalized spacial score (nSPS) is 27.8. The summed E-state index contributed by atoms with van der Waals surface area (Å²) in [5, 5.41) is 3.12. The van der Waals surface area contributed by atoms with Crippen LogP contribution in [0.25, 0.3) is 0 Å². The van der Waals surface area contributed by atoms with Crippen LogP contribution in [0.1, 0.15) is 37.7 Å². The monoisotopic (exact) mass is 272 g/mol. The number of aryl methyl sites for hydroxylation is 1. The molecule has 3 N–H and O–H groups in total. The van der Waals surface area contributed by atoms with E-state index in [0.717, 1.165) is 30.9 Å². The van der Waals surface area contributed by atoms with Crippen molar-refractivity contribution in [3.8, 4) is 0 Å². The molecule has 0 radical (unpaired) electrons. The first-order valence-electron chi connectivity index (χ1n) is 7.86. The molecule has 2 aliphatic carbocycles. The molecule has 20 heavy (non-hydrogen) atoms. The Bertz CT molecular complexity index is 486. The van der Waals surface area contributed by atoms with E-state index < -0.39 is 0 Å². The fourth-order valence-corrected chi connectivity index (χ4v) is 3.91. The van der Waals surface area contributed by atoms with Crippen molar-refractivity contribution >= 4 is 11.6 Å². The number of fused-ring (bicyclic) bond motifs is 2. The summed E-state index contributed by atoms with van der Waals surface area (Å²) >= 11 is 0. The van der Waals surface area contributed by atoms with E-state index in [1.165, 1.54) is 24.8 Å². The molecular weight excluding hydrogens is 248 g/mol. The van der Waals surface area contributed by atoms with Gasteiger partial charge in [-0.1, -0.05) is 18.6 Å². The highest BCUT2D eigenvalue weighted by Gasteiger charge is 2.42. The fraction of sp³-hybridized carbons (Fsp3) is 0.588. The Morgan fingerprint density at radius 1 is 1.30 bits per heavy atom. The van der Waals surface area contributed by atoms with Gasteiger partial charge in [-0.25, -0.2) is 0 Å². The van der Waals surface area contributed by atoms with E-state index in [1.54, 1.807) is 0 Å². The lowest BCUT2D eigenvalue weighted by atomic mass is 9.88. The van der Waals surface area contributed by atoms with Crippen LogP contribution >= 0.6 is 0 Å². The van der Waals surface area contributed by atoms with E-state index >= 15 is 0 Å². The maximum atomic E-state index is 12.4. The second kappa shape index (κ2) is 5.96. The number of hydrogen-bond acceptors (Lipinski definition) is 2. The molecule has 0 aromatic heterocycles. The van der Waals surface area contributed by atoms with Crippen LogP contribution in [0.5, 0.6) is 0 Å². The van der Waals surface area contributed by atoms with Crippen molar-refractivity contribution in [3.63, 3.8) is 0 Å². The van der Waals surface area contributed by atoms with Gasteiger partial charge in [0.05, 0.1) is 0 Å². The van der Waals surface area contributed by atoms with E-state index in [-0.39, 0.29) is 11.8 Å². The molecule has 0 saturated heterocycles. The summed E-state index contributed by atoms with van der Waals surface area (Å²) in [6, 6.07) is 8.18. The van der Waals surface area contributed by atoms with E-state index in [0.29, 0.717) is 12.5 Å². The third-order valence-corrected chi connectivity index (χ3v) is 4.94. The lowest BCUT2D eigenvalue weighted by Crippen LogP contribution is -2.27. The molecule has 3 nitrogen and oxygen atoms in total. The highest BCUT2D eigenvalue weighted by Crippen LogP contribution is 2.48. The van der Waals surface area contributed by atoms with Gasteiger partial charge in [-0.05, 0) is 68.2 Å². The van der Waals surface area contributed by atoms with Crippen LogP contribution in [0, 0.1) is 17.8 Å². The Balaban J connectivity index is 1.61. The largest absolute Gasteiger partial charge is 0.330 e. The highest BCUT2D eigenvalue weighted by atomic mass is 16.1. The summed E-state index contributed by atoms with van der Waals surface area (Å²) < 4.78 is 0. The number of carbonyl (C=O) groups excluding carboxylic acids is 1. The van der Waals surface area contributed by atoms with Gasteiger partial charge in [-0.3, -0.25) is 4.79 Å². The fourth-order valence-electron chi connectivity index (χ4n) is 3.91. The van der Waals surface area contributed by atoms with Gasteiger partial charge in [-0.2, -0.15) is 0 Å². The van der Waals surface area contributed by atoms with Crippen molar-refractivity contribution in [2.45, 2.75) is 38.5 Å². The van der Waals surface area contributed by atoms with Crippen LogP contribution in [0.15, 0.2) is 24.3 Å². The number of nitrogens with one attached hydrogen (secondary N) is 1. The van der Waals surface area contributed by atoms with Crippen molar-refractivity contribution in [2.24, 2.45) is 23.5 Å². The van der Waals surface area contributed by atoms with Gasteiger partial charge >= 0.3 is 0 Å². The van der Waals surface area contributed by atoms with Crippen LogP contribution in [-0.4, -0.2) is 12.5 Å². The first kappa shape index (κ1) is 13.6. The maximum absolute atomic E-state index is 12.4. The van der Waals surface area contributed by atoms with Gasteiger partial charge in [0.15, 0.2) is 0 Å². The van der Waals surface area contributed by atoms with Crippen LogP contribution in [-0.2, 0) is 11.2 Å². The van der Waals surface area contributed by atoms with Crippen LogP contribution < -0.4 is 11.1 Å². The molecule has 3 unspecified atom stereocenters. The number of anilines is 1. The molecule has 3 rings (SSSR count). The van der Waals surface area contributed by atoms with E-state index in [2.05, 4.69) is 17.4 Å². The summed E-state index contributed by atoms with van der Waals surface area (Å²) in [5.74, 6) is 1.93. The second-order valence-corrected chi connectivity index (χ2v) is 6.36. The molecule has 3 heteroatoms. The first-order valence-corrected chi connectivity index (χ1v) is 7.86. The molecule has 2 bridgehead atoms. The third-order valence-electron chi connectivity index (χ3n) is 4.94. The minimum Gasteiger partial charge on any atom is -0.330 e. The average Bonchev–Trinajstić information content (AvgIpc) is 3.08. The molecule has 2 fully saturated rings. The quantitative estimate of drug-likeness (QED) is 0.866. The van der Waals surface area contributed by atoms with E-state index in [1.807, 2.05) is 12.1 Å². The number of carbonyl (C=O) groups is 1. The molecule has 0 heterocycles. The molecule has 0 aliphatic heterocycles. The minimum absolute atomic E-state index is 0.230. The Morgan fingerprint density at radius 3 is 2.90 bits per heavy atom. The van der Waals surface area contributed by atoms with Crippen molar-refractivity contribution in [3.05, 3.63) is 29.8 Å². The lowest BCUT2D eigenvalue weighted by Gasteiger charge is -2.21. The predicted molar refractivity (Wildman–Crippen MR) is 81.4 cm³/mol. The molecule has 108 valence electrons. The van der Waals surface area contributed by atoms with Crippen molar-refractivity contribution < 1.29 is 4.79 Å². The van der Waals surface area contributed by atoms with E-state index in [9.17, 15) is 4.79 Å². The minimum atomic E-state index is 0.230. The SMILES string of the molecule is NCCCc1cccc(NC(=O)C2CC3CCC2C3)c1. The molecule has 1 aromatic rings. The molecular formula is C17H24N2O. The van der Waals surface area contributed by atoms with Gasteiger partial charge in [0, 0.05) is 11.6 Å². The van der Waals surface area contributed by atoms with Gasteiger partial charge in [0.1, 0.15) is 0 Å². The zero-order valence-electron chi connectivity index (χ0n) is 12.0. The molecule has 0 spiro atoms. The van der Waals surface area contributed by atoms with Gasteiger partial charge in [0.25, 0.3) is 0 Å². The number of benzene rings is 1. The Morgan fingerprint density at radius 2 is 2.20 bits per heavy atom. The van der Waals surface area contributed by atoms with Gasteiger partial charge in [-0.15, -0.1) is 0 Å². The Hall–Kier alpha value is -1.35. The average molecular weight is 272 g/mol. The number of rotatable bonds is 5. The molecule has 2 saturated carbocycles. The highest BCUT2D eigenvalue weighted by molar-refractivity contribution is 5.93. The molecule has 2 aliphatic rings. The predicted octanol–water partition coefficient (Wildman–Crippen LogP) is 2.95. The summed E-state index contributed by atoms with van der Waals surface area (Å²) in [6.07, 6.45) is 6.93. The Labute approximate surface area is 120 Å². The lowest BCUT2D eigenvalue weighted by molar-refractivity contribution is -0.121. The zero-order chi connectivity index (χ0) is 13.9. The number of nitrogens with two attached hydrogens (primary N) is 1. The summed E-state index contributed by atoms with van der Waals surface area (Å²) in [7, 11) is 0. The summed E-state index contributed by atoms with van der Waals surface area (Å²) in [5.41, 5.74) is 7.73. The van der Waals surface area contributed by atoms with Gasteiger partial charge < -0.3 is 11.1 Å². The van der Waals surface area contributed by atoms with Crippen molar-refractivity contribution in [2.75, 3.05) is 11.9 Å². The van der Waals surface area contributed by atoms with Gasteiger partial charge in [0.2, 0.25) is 5.91 Å². The molecule has 1 aromatic carbocycles. The first-order chi connectivity index (χ1) is 9.76. The smallest absolute Gasteiger partial charge is 0.227 e. The van der Waals surface area contributed by atoms with Crippen molar-refractivity contribution in [1.82, 2.24) is 0 Å². The number of amides is 1. The van der Waals surface area contributed by atoms with Crippen molar-refractivity contribution in [1.29, 1.82) is 0 Å². The Kier molecular flexibility index (Phi) is 4.06. The standard InChI is InChI=1S/C17H24N2O/c18-8-2-4-12-3-1-5-15(10-12)19-17(20)16-11-13-6-7-14(16)9-13/h1,3,5,10,13-14,16H,2,4,6-9,11,18H2,(H,19,20). The molecule has 1 amide bonds. The summed E-state index contributed by atoms with van der Waals surface area (Å²) in [4.78, 5) is 12.4. The molecule has 3 atom stereocenters. The van der Waals surface area contributed by atoms with Crippen LogP contribution in [0.3, 0.4) is 0 Å². The topological polar surface area (TPSA) is 55.1 Å². The summed E-state index contributed by atoms with van der Waals surface area (Å²) in [6.45, 7) is 0.710. The van der Waals surface area contributed by atoms with Crippen LogP contribution in [0.2, 0.25) is 0 Å². The van der Waals surface area contributed by atoms with Crippen LogP contribution in [0.4, 0.5) is 5.69 Å². The van der Waals surface area contributed by atoms with E-state index in [4.69, 9.17) is 5.73 Å². The maximum Gasteiger partial charge on any atom is 0.227 e.